The van der Waals surface area contributed by atoms with Gasteiger partial charge in [0, 0.05) is 46.3 Å². The molecule has 1 aromatic carbocycles. The second-order valence-electron chi connectivity index (χ2n) is 6.79. The highest BCUT2D eigenvalue weighted by atomic mass is 32.2. The largest absolute Gasteiger partial charge is 0.376 e. The van der Waals surface area contributed by atoms with E-state index in [1.54, 1.807) is 10.5 Å². The second-order valence-corrected chi connectivity index (χ2v) is 8.76. The van der Waals surface area contributed by atoms with Gasteiger partial charge in [-0.05, 0) is 12.5 Å². The molecule has 3 rings (SSSR count). The van der Waals surface area contributed by atoms with Crippen LogP contribution in [-0.4, -0.2) is 63.2 Å². The van der Waals surface area contributed by atoms with E-state index in [-0.39, 0.29) is 5.75 Å². The summed E-state index contributed by atoms with van der Waals surface area (Å²) in [5.41, 5.74) is 2.92. The van der Waals surface area contributed by atoms with Crippen molar-refractivity contribution in [3.8, 4) is 0 Å². The maximum atomic E-state index is 12.7. The summed E-state index contributed by atoms with van der Waals surface area (Å²) in [6.07, 6.45) is 1.71. The number of hydrogen-bond acceptors (Lipinski definition) is 6. The van der Waals surface area contributed by atoms with E-state index in [1.165, 1.54) is 0 Å². The first-order valence-corrected chi connectivity index (χ1v) is 10.2. The van der Waals surface area contributed by atoms with Crippen LogP contribution in [0.3, 0.4) is 0 Å². The molecular weight excluding hydrogens is 350 g/mol. The summed E-state index contributed by atoms with van der Waals surface area (Å²) < 4.78 is 27.0. The molecule has 1 aliphatic heterocycles. The molecule has 1 fully saturated rings. The van der Waals surface area contributed by atoms with Crippen LogP contribution in [0.1, 0.15) is 11.1 Å². The number of aromatic nitrogens is 2. The van der Waals surface area contributed by atoms with E-state index < -0.39 is 10.0 Å². The number of sulfonamides is 1. The molecule has 1 aromatic heterocycles. The molecule has 0 atom stereocenters. The van der Waals surface area contributed by atoms with E-state index in [2.05, 4.69) is 15.1 Å². The first-order valence-electron chi connectivity index (χ1n) is 8.63. The fourth-order valence-electron chi connectivity index (χ4n) is 2.93. The summed E-state index contributed by atoms with van der Waals surface area (Å²) in [6, 6.07) is 9.62. The Balaban J connectivity index is 1.64. The third kappa shape index (κ3) is 4.31. The summed E-state index contributed by atoms with van der Waals surface area (Å²) in [5.74, 6) is 0.829. The van der Waals surface area contributed by atoms with E-state index >= 15 is 0 Å². The van der Waals surface area contributed by atoms with Crippen molar-refractivity contribution < 1.29 is 8.42 Å². The van der Waals surface area contributed by atoms with Crippen molar-refractivity contribution in [1.82, 2.24) is 14.5 Å². The third-order valence-corrected chi connectivity index (χ3v) is 6.42. The SMILES string of the molecule is Cc1ccc(CS(=O)(=O)N2CCN(c3cc(N(C)C)cnn3)CC2)cc1. The van der Waals surface area contributed by atoms with Crippen LogP contribution in [0.5, 0.6) is 0 Å². The number of piperazine rings is 1. The normalized spacial score (nSPS) is 15.9. The molecule has 0 saturated carbocycles. The molecular formula is C18H25N5O2S. The Morgan fingerprint density at radius 1 is 1.08 bits per heavy atom. The summed E-state index contributed by atoms with van der Waals surface area (Å²) >= 11 is 0. The van der Waals surface area contributed by atoms with E-state index in [0.717, 1.165) is 22.6 Å². The molecule has 0 amide bonds. The Morgan fingerprint density at radius 3 is 2.35 bits per heavy atom. The fourth-order valence-corrected chi connectivity index (χ4v) is 4.44. The van der Waals surface area contributed by atoms with Gasteiger partial charge in [0.1, 0.15) is 0 Å². The van der Waals surface area contributed by atoms with Crippen molar-refractivity contribution in [1.29, 1.82) is 0 Å². The number of benzene rings is 1. The van der Waals surface area contributed by atoms with Crippen LogP contribution in [0.4, 0.5) is 11.5 Å². The standard InChI is InChI=1S/C18H25N5O2S/c1-15-4-6-16(7-5-15)14-26(24,25)23-10-8-22(9-11-23)18-12-17(21(2)3)13-19-20-18/h4-7,12-13H,8-11,14H2,1-3H3. The summed E-state index contributed by atoms with van der Waals surface area (Å²) in [7, 11) is 0.595. The van der Waals surface area contributed by atoms with Gasteiger partial charge in [-0.3, -0.25) is 0 Å². The van der Waals surface area contributed by atoms with E-state index in [0.29, 0.717) is 26.2 Å². The van der Waals surface area contributed by atoms with Gasteiger partial charge in [0.15, 0.2) is 5.82 Å². The lowest BCUT2D eigenvalue weighted by Crippen LogP contribution is -2.49. The topological polar surface area (TPSA) is 69.6 Å². The van der Waals surface area contributed by atoms with Gasteiger partial charge in [-0.1, -0.05) is 29.8 Å². The maximum Gasteiger partial charge on any atom is 0.218 e. The smallest absolute Gasteiger partial charge is 0.218 e. The Morgan fingerprint density at radius 2 is 1.73 bits per heavy atom. The number of aryl methyl sites for hydroxylation is 1. The molecule has 0 unspecified atom stereocenters. The van der Waals surface area contributed by atoms with Gasteiger partial charge in [0.25, 0.3) is 0 Å². The molecule has 8 heteroatoms. The Labute approximate surface area is 155 Å². The van der Waals surface area contributed by atoms with Crippen LogP contribution >= 0.6 is 0 Å². The highest BCUT2D eigenvalue weighted by Gasteiger charge is 2.27. The van der Waals surface area contributed by atoms with Gasteiger partial charge in [-0.2, -0.15) is 9.40 Å². The summed E-state index contributed by atoms with van der Waals surface area (Å²) in [6.45, 7) is 4.13. The monoisotopic (exact) mass is 375 g/mol. The molecule has 0 aliphatic carbocycles. The minimum Gasteiger partial charge on any atom is -0.376 e. The lowest BCUT2D eigenvalue weighted by molar-refractivity contribution is 0.383. The number of anilines is 2. The van der Waals surface area contributed by atoms with Crippen molar-refractivity contribution in [2.75, 3.05) is 50.1 Å². The molecule has 0 radical (unpaired) electrons. The maximum absolute atomic E-state index is 12.7. The summed E-state index contributed by atoms with van der Waals surface area (Å²) in [5, 5.41) is 8.24. The summed E-state index contributed by atoms with van der Waals surface area (Å²) in [4.78, 5) is 4.05. The number of nitrogens with zero attached hydrogens (tertiary/aromatic N) is 5. The third-order valence-electron chi connectivity index (χ3n) is 4.57. The first-order chi connectivity index (χ1) is 12.3. The van der Waals surface area contributed by atoms with Gasteiger partial charge in [-0.15, -0.1) is 5.10 Å². The Bertz CT molecular complexity index is 844. The lowest BCUT2D eigenvalue weighted by Gasteiger charge is -2.34. The van der Waals surface area contributed by atoms with E-state index in [1.807, 2.05) is 56.3 Å². The van der Waals surface area contributed by atoms with Crippen molar-refractivity contribution in [3.05, 3.63) is 47.7 Å². The van der Waals surface area contributed by atoms with Crippen molar-refractivity contribution in [3.63, 3.8) is 0 Å². The minimum atomic E-state index is -3.31. The molecule has 1 aliphatic rings. The number of hydrogen-bond donors (Lipinski definition) is 0. The Kier molecular flexibility index (Phi) is 5.43. The molecule has 7 nitrogen and oxygen atoms in total. The van der Waals surface area contributed by atoms with Crippen molar-refractivity contribution in [2.24, 2.45) is 0 Å². The molecule has 26 heavy (non-hydrogen) atoms. The predicted molar refractivity (Wildman–Crippen MR) is 104 cm³/mol. The highest BCUT2D eigenvalue weighted by Crippen LogP contribution is 2.20. The van der Waals surface area contributed by atoms with Gasteiger partial charge in [0.05, 0.1) is 17.6 Å². The average molecular weight is 375 g/mol. The first kappa shape index (κ1) is 18.6. The average Bonchev–Trinajstić information content (AvgIpc) is 2.64. The van der Waals surface area contributed by atoms with Gasteiger partial charge >= 0.3 is 0 Å². The minimum absolute atomic E-state index is 0.0448. The highest BCUT2D eigenvalue weighted by molar-refractivity contribution is 7.88. The van der Waals surface area contributed by atoms with Crippen molar-refractivity contribution in [2.45, 2.75) is 12.7 Å². The van der Waals surface area contributed by atoms with E-state index in [9.17, 15) is 8.42 Å². The molecule has 1 saturated heterocycles. The fraction of sp³-hybridized carbons (Fsp3) is 0.444. The molecule has 0 spiro atoms. The van der Waals surface area contributed by atoms with Crippen LogP contribution in [-0.2, 0) is 15.8 Å². The predicted octanol–water partition coefficient (Wildman–Crippen LogP) is 1.50. The van der Waals surface area contributed by atoms with Crippen LogP contribution < -0.4 is 9.80 Å². The van der Waals surface area contributed by atoms with Gasteiger partial charge < -0.3 is 9.80 Å². The lowest BCUT2D eigenvalue weighted by atomic mass is 10.2. The van der Waals surface area contributed by atoms with Crippen LogP contribution in [0, 0.1) is 6.92 Å². The second kappa shape index (κ2) is 7.59. The Hall–Kier alpha value is -2.19. The molecule has 0 bridgehead atoms. The molecule has 2 aromatic rings. The van der Waals surface area contributed by atoms with Crippen LogP contribution in [0.15, 0.2) is 36.5 Å². The molecule has 140 valence electrons. The van der Waals surface area contributed by atoms with Crippen molar-refractivity contribution >= 4 is 21.5 Å². The zero-order valence-electron chi connectivity index (χ0n) is 15.5. The molecule has 0 N–H and O–H groups in total. The molecule has 2 heterocycles. The van der Waals surface area contributed by atoms with Gasteiger partial charge in [-0.25, -0.2) is 8.42 Å². The zero-order chi connectivity index (χ0) is 18.7. The quantitative estimate of drug-likeness (QED) is 0.789. The van der Waals surface area contributed by atoms with E-state index in [4.69, 9.17) is 0 Å². The number of rotatable bonds is 5. The van der Waals surface area contributed by atoms with Crippen LogP contribution in [0.2, 0.25) is 0 Å². The van der Waals surface area contributed by atoms with Gasteiger partial charge in [0.2, 0.25) is 10.0 Å². The zero-order valence-corrected chi connectivity index (χ0v) is 16.3. The van der Waals surface area contributed by atoms with Crippen LogP contribution in [0.25, 0.3) is 0 Å².